The summed E-state index contributed by atoms with van der Waals surface area (Å²) in [4.78, 5) is 19.2. The van der Waals surface area contributed by atoms with Crippen LogP contribution in [-0.2, 0) is 22.6 Å². The van der Waals surface area contributed by atoms with Gasteiger partial charge in [0, 0.05) is 13.1 Å². The molecule has 4 heteroatoms. The molecule has 0 unspecified atom stereocenters. The van der Waals surface area contributed by atoms with Crippen molar-refractivity contribution in [3.05, 3.63) is 70.8 Å². The van der Waals surface area contributed by atoms with Crippen molar-refractivity contribution in [2.24, 2.45) is 5.16 Å². The molecule has 0 saturated carbocycles. The number of oxime groups is 1. The van der Waals surface area contributed by atoms with E-state index in [9.17, 15) is 4.79 Å². The van der Waals surface area contributed by atoms with Gasteiger partial charge in [-0.1, -0.05) is 53.7 Å². The zero-order chi connectivity index (χ0) is 16.1. The summed E-state index contributed by atoms with van der Waals surface area (Å²) in [6.45, 7) is 3.38. The van der Waals surface area contributed by atoms with E-state index in [-0.39, 0.29) is 12.5 Å². The summed E-state index contributed by atoms with van der Waals surface area (Å²) in [5.74, 6) is -0.0264. The van der Waals surface area contributed by atoms with E-state index in [2.05, 4.69) is 17.3 Å². The van der Waals surface area contributed by atoms with E-state index >= 15 is 0 Å². The first-order chi connectivity index (χ1) is 11.2. The van der Waals surface area contributed by atoms with Gasteiger partial charge in [0.1, 0.15) is 0 Å². The van der Waals surface area contributed by atoms with E-state index in [4.69, 9.17) is 4.84 Å². The number of hydrogen-bond donors (Lipinski definition) is 0. The summed E-state index contributed by atoms with van der Waals surface area (Å²) in [6.07, 6.45) is 2.54. The van der Waals surface area contributed by atoms with Crippen LogP contribution in [0.25, 0.3) is 0 Å². The van der Waals surface area contributed by atoms with Crippen LogP contribution < -0.4 is 0 Å². The highest BCUT2D eigenvalue weighted by atomic mass is 16.6. The van der Waals surface area contributed by atoms with E-state index in [0.717, 1.165) is 24.1 Å². The van der Waals surface area contributed by atoms with Gasteiger partial charge in [0.2, 0.25) is 0 Å². The number of benzene rings is 2. The number of rotatable bonds is 4. The van der Waals surface area contributed by atoms with Crippen molar-refractivity contribution in [2.75, 3.05) is 13.2 Å². The lowest BCUT2D eigenvalue weighted by atomic mass is 10.00. The van der Waals surface area contributed by atoms with E-state index in [0.29, 0.717) is 6.54 Å². The zero-order valence-electron chi connectivity index (χ0n) is 13.2. The van der Waals surface area contributed by atoms with Crippen molar-refractivity contribution >= 4 is 12.1 Å². The SMILES string of the molecule is Cc1ccccc1/C=N\OCC(=O)N1CCc2ccccc2C1. The molecule has 0 saturated heterocycles. The lowest BCUT2D eigenvalue weighted by Crippen LogP contribution is -2.37. The van der Waals surface area contributed by atoms with Gasteiger partial charge in [0.05, 0.1) is 6.21 Å². The van der Waals surface area contributed by atoms with Crippen molar-refractivity contribution in [3.63, 3.8) is 0 Å². The van der Waals surface area contributed by atoms with Gasteiger partial charge < -0.3 is 9.74 Å². The Morgan fingerprint density at radius 2 is 1.91 bits per heavy atom. The molecule has 1 aliphatic heterocycles. The first kappa shape index (κ1) is 15.3. The molecule has 118 valence electrons. The smallest absolute Gasteiger partial charge is 0.263 e. The van der Waals surface area contributed by atoms with Gasteiger partial charge in [0.25, 0.3) is 5.91 Å². The monoisotopic (exact) mass is 308 g/mol. The molecule has 1 amide bonds. The Balaban J connectivity index is 1.52. The molecule has 0 spiro atoms. The summed E-state index contributed by atoms with van der Waals surface area (Å²) in [6, 6.07) is 16.2. The molecule has 0 aliphatic carbocycles. The topological polar surface area (TPSA) is 41.9 Å². The van der Waals surface area contributed by atoms with Crippen molar-refractivity contribution in [1.29, 1.82) is 0 Å². The van der Waals surface area contributed by atoms with Crippen LogP contribution in [0.3, 0.4) is 0 Å². The Bertz CT molecular complexity index is 725. The van der Waals surface area contributed by atoms with E-state index in [1.54, 1.807) is 6.21 Å². The highest BCUT2D eigenvalue weighted by molar-refractivity contribution is 5.81. The minimum absolute atomic E-state index is 0.0233. The van der Waals surface area contributed by atoms with Crippen LogP contribution >= 0.6 is 0 Å². The van der Waals surface area contributed by atoms with Crippen LogP contribution in [0.4, 0.5) is 0 Å². The molecule has 1 heterocycles. The Morgan fingerprint density at radius 1 is 1.17 bits per heavy atom. The molecule has 0 aromatic heterocycles. The average molecular weight is 308 g/mol. The Labute approximate surface area is 136 Å². The van der Waals surface area contributed by atoms with Crippen LogP contribution in [0.1, 0.15) is 22.3 Å². The fourth-order valence-electron chi connectivity index (χ4n) is 2.72. The number of hydrogen-bond acceptors (Lipinski definition) is 3. The van der Waals surface area contributed by atoms with Crippen molar-refractivity contribution in [1.82, 2.24) is 4.90 Å². The summed E-state index contributed by atoms with van der Waals surface area (Å²) in [5.41, 5.74) is 4.66. The molecule has 0 fully saturated rings. The third kappa shape index (κ3) is 3.77. The fourth-order valence-corrected chi connectivity index (χ4v) is 2.72. The number of fused-ring (bicyclic) bond motifs is 1. The number of amides is 1. The predicted molar refractivity (Wildman–Crippen MR) is 90.3 cm³/mol. The minimum Gasteiger partial charge on any atom is -0.386 e. The second-order valence-corrected chi connectivity index (χ2v) is 5.70. The molecule has 3 rings (SSSR count). The van der Waals surface area contributed by atoms with Gasteiger partial charge >= 0.3 is 0 Å². The molecule has 23 heavy (non-hydrogen) atoms. The summed E-state index contributed by atoms with van der Waals surface area (Å²) >= 11 is 0. The fraction of sp³-hybridized carbons (Fsp3) is 0.263. The maximum absolute atomic E-state index is 12.2. The summed E-state index contributed by atoms with van der Waals surface area (Å²) in [5, 5.41) is 3.91. The van der Waals surface area contributed by atoms with Crippen molar-refractivity contribution in [2.45, 2.75) is 19.9 Å². The van der Waals surface area contributed by atoms with Gasteiger partial charge in [-0.05, 0) is 35.6 Å². The molecular formula is C19H20N2O2. The molecule has 2 aromatic carbocycles. The van der Waals surface area contributed by atoms with Gasteiger partial charge in [-0.15, -0.1) is 0 Å². The quantitative estimate of drug-likeness (QED) is 0.644. The van der Waals surface area contributed by atoms with Gasteiger partial charge in [-0.2, -0.15) is 0 Å². The van der Waals surface area contributed by atoms with Crippen LogP contribution in [0.2, 0.25) is 0 Å². The predicted octanol–water partition coefficient (Wildman–Crippen LogP) is 2.93. The molecular weight excluding hydrogens is 288 g/mol. The Hall–Kier alpha value is -2.62. The molecule has 0 atom stereocenters. The third-order valence-corrected chi connectivity index (χ3v) is 4.13. The second kappa shape index (κ2) is 7.09. The van der Waals surface area contributed by atoms with Gasteiger partial charge in [-0.3, -0.25) is 4.79 Å². The normalized spacial score (nSPS) is 13.9. The lowest BCUT2D eigenvalue weighted by molar-refractivity contribution is -0.137. The van der Waals surface area contributed by atoms with Crippen LogP contribution in [0, 0.1) is 6.92 Å². The Morgan fingerprint density at radius 3 is 2.74 bits per heavy atom. The number of aryl methyl sites for hydroxylation is 1. The van der Waals surface area contributed by atoms with Crippen LogP contribution in [0.15, 0.2) is 53.7 Å². The lowest BCUT2D eigenvalue weighted by Gasteiger charge is -2.28. The molecule has 0 N–H and O–H groups in total. The number of carbonyl (C=O) groups is 1. The van der Waals surface area contributed by atoms with Crippen molar-refractivity contribution in [3.8, 4) is 0 Å². The van der Waals surface area contributed by atoms with E-state index in [1.165, 1.54) is 11.1 Å². The van der Waals surface area contributed by atoms with Gasteiger partial charge in [-0.25, -0.2) is 0 Å². The first-order valence-corrected chi connectivity index (χ1v) is 7.79. The van der Waals surface area contributed by atoms with Crippen molar-refractivity contribution < 1.29 is 9.63 Å². The maximum atomic E-state index is 12.2. The Kier molecular flexibility index (Phi) is 4.71. The highest BCUT2D eigenvalue weighted by Gasteiger charge is 2.20. The van der Waals surface area contributed by atoms with E-state index in [1.807, 2.05) is 48.2 Å². The number of carbonyl (C=O) groups excluding carboxylic acids is 1. The average Bonchev–Trinajstić information content (AvgIpc) is 2.59. The molecule has 4 nitrogen and oxygen atoms in total. The maximum Gasteiger partial charge on any atom is 0.263 e. The standard InChI is InChI=1S/C19H20N2O2/c1-15-6-2-3-8-17(15)12-20-23-14-19(22)21-11-10-16-7-4-5-9-18(16)13-21/h2-9,12H,10-11,13-14H2,1H3/b20-12-. The zero-order valence-corrected chi connectivity index (χ0v) is 13.2. The van der Waals surface area contributed by atoms with Crippen LogP contribution in [0.5, 0.6) is 0 Å². The van der Waals surface area contributed by atoms with E-state index < -0.39 is 0 Å². The molecule has 1 aliphatic rings. The third-order valence-electron chi connectivity index (χ3n) is 4.13. The molecule has 2 aromatic rings. The summed E-state index contributed by atoms with van der Waals surface area (Å²) < 4.78 is 0. The second-order valence-electron chi connectivity index (χ2n) is 5.70. The summed E-state index contributed by atoms with van der Waals surface area (Å²) in [7, 11) is 0. The largest absolute Gasteiger partial charge is 0.386 e. The van der Waals surface area contributed by atoms with Crippen LogP contribution in [-0.4, -0.2) is 30.2 Å². The number of nitrogens with zero attached hydrogens (tertiary/aromatic N) is 2. The molecule has 0 bridgehead atoms. The molecule has 0 radical (unpaired) electrons. The minimum atomic E-state index is -0.0264. The highest BCUT2D eigenvalue weighted by Crippen LogP contribution is 2.18. The van der Waals surface area contributed by atoms with Gasteiger partial charge in [0.15, 0.2) is 6.61 Å². The first-order valence-electron chi connectivity index (χ1n) is 7.79.